The van der Waals surface area contributed by atoms with Crippen molar-refractivity contribution in [1.82, 2.24) is 5.32 Å². The molecule has 0 aliphatic carbocycles. The normalized spacial score (nSPS) is 10.8. The maximum atomic E-state index is 3.51. The molecule has 0 fully saturated rings. The Balaban J connectivity index is 1.78. The number of hydrogen-bond acceptors (Lipinski definition) is 3. The van der Waals surface area contributed by atoms with Gasteiger partial charge in [-0.25, -0.2) is 0 Å². The molecule has 3 heteroatoms. The molecule has 0 aliphatic rings. The lowest BCUT2D eigenvalue weighted by molar-refractivity contribution is 0.600. The van der Waals surface area contributed by atoms with E-state index in [1.54, 1.807) is 11.3 Å². The van der Waals surface area contributed by atoms with E-state index in [4.69, 9.17) is 0 Å². The smallest absolute Gasteiger partial charge is 0.000806 e. The molecule has 92 valence electrons. The summed E-state index contributed by atoms with van der Waals surface area (Å²) < 4.78 is 0. The van der Waals surface area contributed by atoms with Gasteiger partial charge in [0.15, 0.2) is 0 Å². The van der Waals surface area contributed by atoms with Crippen molar-refractivity contribution >= 4 is 23.1 Å². The van der Waals surface area contributed by atoms with Crippen LogP contribution in [0.4, 0.5) is 0 Å². The summed E-state index contributed by atoms with van der Waals surface area (Å²) in [5.41, 5.74) is 1.47. The minimum atomic E-state index is 1.13. The molecule has 0 radical (unpaired) electrons. The molecule has 0 bridgehead atoms. The van der Waals surface area contributed by atoms with Gasteiger partial charge in [0.05, 0.1) is 0 Å². The lowest BCUT2D eigenvalue weighted by Crippen LogP contribution is -2.18. The number of unbranched alkanes of at least 4 members (excludes halogenated alkanes) is 3. The summed E-state index contributed by atoms with van der Waals surface area (Å²) in [7, 11) is 0. The molecule has 1 aromatic rings. The summed E-state index contributed by atoms with van der Waals surface area (Å²) in [4.78, 5) is 0. The maximum absolute atomic E-state index is 3.51. The van der Waals surface area contributed by atoms with Crippen LogP contribution < -0.4 is 5.32 Å². The first-order valence-electron chi connectivity index (χ1n) is 6.14. The molecule has 1 nitrogen and oxygen atoms in total. The topological polar surface area (TPSA) is 12.0 Å². The molecule has 1 heterocycles. The van der Waals surface area contributed by atoms with Crippen molar-refractivity contribution < 1.29 is 0 Å². The molecule has 0 amide bonds. The van der Waals surface area contributed by atoms with Crippen molar-refractivity contribution in [2.24, 2.45) is 0 Å². The third-order valence-corrected chi connectivity index (χ3v) is 4.05. The Morgan fingerprint density at radius 3 is 2.81 bits per heavy atom. The molecule has 16 heavy (non-hydrogen) atoms. The van der Waals surface area contributed by atoms with E-state index < -0.39 is 0 Å². The Bertz CT molecular complexity index is 234. The fourth-order valence-electron chi connectivity index (χ4n) is 1.64. The van der Waals surface area contributed by atoms with Gasteiger partial charge in [-0.05, 0) is 66.8 Å². The van der Waals surface area contributed by atoms with Gasteiger partial charge in [-0.2, -0.15) is 23.1 Å². The first kappa shape index (κ1) is 14.1. The molecular formula is C13H23NS2. The van der Waals surface area contributed by atoms with E-state index in [0.717, 1.165) is 6.54 Å². The molecule has 0 aliphatic heterocycles. The molecule has 1 N–H and O–H groups in total. The van der Waals surface area contributed by atoms with Gasteiger partial charge < -0.3 is 5.32 Å². The quantitative estimate of drug-likeness (QED) is 0.640. The van der Waals surface area contributed by atoms with Crippen LogP contribution in [0.3, 0.4) is 0 Å². The Kier molecular flexibility index (Phi) is 8.96. The van der Waals surface area contributed by atoms with Gasteiger partial charge in [0, 0.05) is 0 Å². The van der Waals surface area contributed by atoms with Crippen LogP contribution in [0.5, 0.6) is 0 Å². The van der Waals surface area contributed by atoms with Crippen molar-refractivity contribution in [3.8, 4) is 0 Å². The highest BCUT2D eigenvalue weighted by Crippen LogP contribution is 2.06. The lowest BCUT2D eigenvalue weighted by Gasteiger charge is -2.03. The average molecular weight is 257 g/mol. The minimum absolute atomic E-state index is 1.13. The van der Waals surface area contributed by atoms with Gasteiger partial charge in [-0.1, -0.05) is 12.8 Å². The van der Waals surface area contributed by atoms with E-state index >= 15 is 0 Å². The molecule has 0 saturated heterocycles. The largest absolute Gasteiger partial charge is 0.316 e. The highest BCUT2D eigenvalue weighted by Gasteiger charge is 1.93. The van der Waals surface area contributed by atoms with Crippen LogP contribution in [0.15, 0.2) is 16.8 Å². The standard InChI is InChI=1S/C13H23NS2/c1-15-10-5-3-2-4-8-14-9-6-13-7-11-16-12-13/h7,11-12,14H,2-6,8-10H2,1H3. The molecular weight excluding hydrogens is 234 g/mol. The number of rotatable bonds is 10. The maximum Gasteiger partial charge on any atom is -0.000806 e. The van der Waals surface area contributed by atoms with Gasteiger partial charge in [-0.15, -0.1) is 0 Å². The van der Waals surface area contributed by atoms with E-state index in [-0.39, 0.29) is 0 Å². The van der Waals surface area contributed by atoms with Crippen LogP contribution in [0.25, 0.3) is 0 Å². The van der Waals surface area contributed by atoms with Crippen molar-refractivity contribution in [1.29, 1.82) is 0 Å². The summed E-state index contributed by atoms with van der Waals surface area (Å²) in [6.07, 6.45) is 8.86. The Morgan fingerprint density at radius 1 is 1.19 bits per heavy atom. The van der Waals surface area contributed by atoms with E-state index in [2.05, 4.69) is 28.4 Å². The van der Waals surface area contributed by atoms with E-state index in [0.29, 0.717) is 0 Å². The van der Waals surface area contributed by atoms with E-state index in [1.165, 1.54) is 50.0 Å². The van der Waals surface area contributed by atoms with Crippen molar-refractivity contribution in [3.63, 3.8) is 0 Å². The van der Waals surface area contributed by atoms with Crippen LogP contribution in [-0.2, 0) is 6.42 Å². The second kappa shape index (κ2) is 10.2. The first-order chi connectivity index (χ1) is 7.93. The second-order valence-corrected chi connectivity index (χ2v) is 5.80. The third-order valence-electron chi connectivity index (χ3n) is 2.62. The monoisotopic (exact) mass is 257 g/mol. The van der Waals surface area contributed by atoms with E-state index in [1.807, 2.05) is 11.8 Å². The molecule has 0 saturated carbocycles. The van der Waals surface area contributed by atoms with Gasteiger partial charge in [-0.3, -0.25) is 0 Å². The van der Waals surface area contributed by atoms with Crippen molar-refractivity contribution in [2.75, 3.05) is 25.1 Å². The Hall–Kier alpha value is 0.01000. The van der Waals surface area contributed by atoms with Gasteiger partial charge in [0.1, 0.15) is 0 Å². The van der Waals surface area contributed by atoms with Crippen LogP contribution in [0.1, 0.15) is 31.2 Å². The van der Waals surface area contributed by atoms with E-state index in [9.17, 15) is 0 Å². The van der Waals surface area contributed by atoms with Crippen LogP contribution in [0.2, 0.25) is 0 Å². The van der Waals surface area contributed by atoms with Crippen LogP contribution in [0, 0.1) is 0 Å². The number of thiophene rings is 1. The minimum Gasteiger partial charge on any atom is -0.316 e. The fraction of sp³-hybridized carbons (Fsp3) is 0.692. The predicted molar refractivity (Wildman–Crippen MR) is 77.7 cm³/mol. The third kappa shape index (κ3) is 7.31. The molecule has 0 aromatic carbocycles. The number of thioether (sulfide) groups is 1. The SMILES string of the molecule is CSCCCCCCNCCc1ccsc1. The lowest BCUT2D eigenvalue weighted by atomic mass is 10.2. The molecule has 0 unspecified atom stereocenters. The molecule has 0 spiro atoms. The number of nitrogens with one attached hydrogen (secondary N) is 1. The molecule has 1 rings (SSSR count). The Labute approximate surface area is 108 Å². The second-order valence-electron chi connectivity index (χ2n) is 4.04. The predicted octanol–water partition coefficient (Wildman–Crippen LogP) is 3.80. The fourth-order valence-corrected chi connectivity index (χ4v) is 2.84. The summed E-state index contributed by atoms with van der Waals surface area (Å²) >= 11 is 3.75. The highest BCUT2D eigenvalue weighted by molar-refractivity contribution is 7.98. The van der Waals surface area contributed by atoms with Crippen LogP contribution in [-0.4, -0.2) is 25.1 Å². The van der Waals surface area contributed by atoms with Gasteiger partial charge in [0.25, 0.3) is 0 Å². The summed E-state index contributed by atoms with van der Waals surface area (Å²) in [5, 5.41) is 7.91. The first-order valence-corrected chi connectivity index (χ1v) is 8.48. The van der Waals surface area contributed by atoms with Crippen molar-refractivity contribution in [3.05, 3.63) is 22.4 Å². The zero-order valence-electron chi connectivity index (χ0n) is 10.2. The average Bonchev–Trinajstić information content (AvgIpc) is 2.80. The summed E-state index contributed by atoms with van der Waals surface area (Å²) in [6.45, 7) is 2.31. The number of hydrogen-bond donors (Lipinski definition) is 1. The van der Waals surface area contributed by atoms with Gasteiger partial charge in [0.2, 0.25) is 0 Å². The van der Waals surface area contributed by atoms with Gasteiger partial charge >= 0.3 is 0 Å². The molecule has 1 aromatic heterocycles. The zero-order chi connectivity index (χ0) is 11.5. The zero-order valence-corrected chi connectivity index (χ0v) is 11.8. The summed E-state index contributed by atoms with van der Waals surface area (Å²) in [6, 6.07) is 2.22. The summed E-state index contributed by atoms with van der Waals surface area (Å²) in [5.74, 6) is 1.32. The van der Waals surface area contributed by atoms with Crippen LogP contribution >= 0.6 is 23.1 Å². The van der Waals surface area contributed by atoms with Crippen molar-refractivity contribution in [2.45, 2.75) is 32.1 Å². The highest BCUT2D eigenvalue weighted by atomic mass is 32.2. The molecule has 0 atom stereocenters. The Morgan fingerprint density at radius 2 is 2.06 bits per heavy atom.